The zero-order chi connectivity index (χ0) is 12.2. The normalized spacial score (nSPS) is 15.3. The number of ether oxygens (including phenoxy) is 1. The van der Waals surface area contributed by atoms with Crippen molar-refractivity contribution in [2.24, 2.45) is 4.40 Å². The molecule has 0 aromatic heterocycles. The molecule has 0 heterocycles. The van der Waals surface area contributed by atoms with E-state index in [2.05, 4.69) is 4.40 Å². The van der Waals surface area contributed by atoms with Crippen LogP contribution in [0.5, 0.6) is 0 Å². The molecule has 15 heavy (non-hydrogen) atoms. The van der Waals surface area contributed by atoms with Gasteiger partial charge in [-0.3, -0.25) is 0 Å². The molecule has 1 unspecified atom stereocenters. The summed E-state index contributed by atoms with van der Waals surface area (Å²) in [7, 11) is -1.42. The Balaban J connectivity index is 4.57. The van der Waals surface area contributed by atoms with Crippen molar-refractivity contribution >= 4 is 22.7 Å². The van der Waals surface area contributed by atoms with Gasteiger partial charge in [0, 0.05) is 0 Å². The monoisotopic (exact) mass is 233 g/mol. The van der Waals surface area contributed by atoms with Crippen LogP contribution in [-0.2, 0) is 20.5 Å². The minimum atomic E-state index is -1.42. The molecule has 4 nitrogen and oxygen atoms in total. The topological polar surface area (TPSA) is 55.7 Å². The van der Waals surface area contributed by atoms with E-state index in [9.17, 15) is 9.00 Å². The molecule has 0 N–H and O–H groups in total. The van der Waals surface area contributed by atoms with Crippen LogP contribution >= 0.6 is 0 Å². The van der Waals surface area contributed by atoms with E-state index in [1.54, 1.807) is 34.6 Å². The molecule has 0 spiro atoms. The number of rotatable bonds is 3. The summed E-state index contributed by atoms with van der Waals surface area (Å²) in [5, 5.41) is 0. The van der Waals surface area contributed by atoms with Crippen LogP contribution in [0.4, 0.5) is 0 Å². The van der Waals surface area contributed by atoms with E-state index >= 15 is 0 Å². The molecule has 0 saturated carbocycles. The molecule has 0 aromatic carbocycles. The number of nitrogens with zero attached hydrogens (tertiary/aromatic N) is 1. The molecule has 0 bridgehead atoms. The predicted molar refractivity (Wildman–Crippen MR) is 62.2 cm³/mol. The highest BCUT2D eigenvalue weighted by atomic mass is 32.2. The smallest absolute Gasteiger partial charge is 0.353 e. The lowest BCUT2D eigenvalue weighted by molar-refractivity contribution is -0.139. The highest BCUT2D eigenvalue weighted by molar-refractivity contribution is 7.85. The maximum absolute atomic E-state index is 11.6. The van der Waals surface area contributed by atoms with Gasteiger partial charge in [0.05, 0.1) is 10.9 Å². The first-order chi connectivity index (χ1) is 6.64. The molecule has 0 aliphatic carbocycles. The van der Waals surface area contributed by atoms with Crippen molar-refractivity contribution in [1.29, 1.82) is 0 Å². The van der Waals surface area contributed by atoms with E-state index < -0.39 is 21.7 Å². The van der Waals surface area contributed by atoms with Crippen LogP contribution < -0.4 is 0 Å². The molecule has 0 amide bonds. The Labute approximate surface area is 93.7 Å². The van der Waals surface area contributed by atoms with Gasteiger partial charge >= 0.3 is 5.97 Å². The van der Waals surface area contributed by atoms with Crippen LogP contribution in [-0.4, -0.2) is 26.7 Å². The average molecular weight is 233 g/mol. The zero-order valence-corrected chi connectivity index (χ0v) is 11.0. The van der Waals surface area contributed by atoms with Gasteiger partial charge in [-0.15, -0.1) is 0 Å². The van der Waals surface area contributed by atoms with Crippen molar-refractivity contribution in [1.82, 2.24) is 0 Å². The van der Waals surface area contributed by atoms with Gasteiger partial charge in [-0.1, -0.05) is 0 Å². The standard InChI is InChI=1S/C10H19NO3S/c1-7(2)14-9(12)8(3)11-15(13)10(4,5)6/h7H,1-6H3/b11-8-. The van der Waals surface area contributed by atoms with Crippen LogP contribution in [0.15, 0.2) is 4.40 Å². The summed E-state index contributed by atoms with van der Waals surface area (Å²) in [4.78, 5) is 11.3. The van der Waals surface area contributed by atoms with Crippen LogP contribution in [0.25, 0.3) is 0 Å². The summed E-state index contributed by atoms with van der Waals surface area (Å²) in [6.07, 6.45) is -0.189. The van der Waals surface area contributed by atoms with E-state index in [0.29, 0.717) is 0 Å². The lowest BCUT2D eigenvalue weighted by atomic mass is 10.3. The summed E-state index contributed by atoms with van der Waals surface area (Å²) in [6, 6.07) is 0. The van der Waals surface area contributed by atoms with Gasteiger partial charge in [0.25, 0.3) is 0 Å². The van der Waals surface area contributed by atoms with E-state index in [1.165, 1.54) is 6.92 Å². The first kappa shape index (κ1) is 14.3. The van der Waals surface area contributed by atoms with Crippen LogP contribution in [0, 0.1) is 0 Å². The molecule has 0 radical (unpaired) electrons. The SMILES string of the molecule is C/C(=N/S(=O)C(C)(C)C)C(=O)OC(C)C. The fourth-order valence-corrected chi connectivity index (χ4v) is 1.20. The zero-order valence-electron chi connectivity index (χ0n) is 10.2. The molecule has 0 aliphatic heterocycles. The Bertz CT molecular complexity index is 290. The first-order valence-corrected chi connectivity index (χ1v) is 5.93. The predicted octanol–water partition coefficient (Wildman–Crippen LogP) is 1.86. The van der Waals surface area contributed by atoms with Gasteiger partial charge in [0.1, 0.15) is 16.7 Å². The molecule has 0 rings (SSSR count). The van der Waals surface area contributed by atoms with Crippen molar-refractivity contribution in [3.63, 3.8) is 0 Å². The lowest BCUT2D eigenvalue weighted by Gasteiger charge is -2.14. The van der Waals surface area contributed by atoms with Gasteiger partial charge in [-0.25, -0.2) is 9.00 Å². The van der Waals surface area contributed by atoms with Crippen molar-refractivity contribution in [2.45, 2.75) is 52.4 Å². The number of hydrogen-bond acceptors (Lipinski definition) is 3. The molecule has 0 aromatic rings. The molecular weight excluding hydrogens is 214 g/mol. The van der Waals surface area contributed by atoms with E-state index in [-0.39, 0.29) is 11.8 Å². The number of hydrogen-bond donors (Lipinski definition) is 0. The van der Waals surface area contributed by atoms with Crippen LogP contribution in [0.1, 0.15) is 41.5 Å². The quantitative estimate of drug-likeness (QED) is 0.552. The van der Waals surface area contributed by atoms with Gasteiger partial charge < -0.3 is 4.74 Å². The molecule has 5 heteroatoms. The Kier molecular flexibility index (Phi) is 5.14. The van der Waals surface area contributed by atoms with E-state index in [4.69, 9.17) is 4.74 Å². The summed E-state index contributed by atoms with van der Waals surface area (Å²) in [5.74, 6) is -0.511. The molecular formula is C10H19NO3S. The second-order valence-corrected chi connectivity index (χ2v) is 6.40. The average Bonchev–Trinajstić information content (AvgIpc) is 2.00. The third-order valence-electron chi connectivity index (χ3n) is 1.38. The third-order valence-corrected chi connectivity index (χ3v) is 2.87. The minimum Gasteiger partial charge on any atom is -0.458 e. The van der Waals surface area contributed by atoms with Crippen LogP contribution in [0.3, 0.4) is 0 Å². The highest BCUT2D eigenvalue weighted by Gasteiger charge is 2.21. The van der Waals surface area contributed by atoms with Crippen molar-refractivity contribution in [3.05, 3.63) is 0 Å². The number of carbonyl (C=O) groups is 1. The summed E-state index contributed by atoms with van der Waals surface area (Å²) >= 11 is 0. The molecule has 1 atom stereocenters. The van der Waals surface area contributed by atoms with Crippen molar-refractivity contribution in [2.75, 3.05) is 0 Å². The van der Waals surface area contributed by atoms with Gasteiger partial charge in [-0.2, -0.15) is 4.40 Å². The van der Waals surface area contributed by atoms with Crippen LogP contribution in [0.2, 0.25) is 0 Å². The Morgan fingerprint density at radius 1 is 1.33 bits per heavy atom. The third kappa shape index (κ3) is 5.67. The van der Waals surface area contributed by atoms with Crippen molar-refractivity contribution < 1.29 is 13.7 Å². The molecule has 0 aliphatic rings. The summed E-state index contributed by atoms with van der Waals surface area (Å²) < 4.78 is 19.9. The maximum atomic E-state index is 11.6. The second kappa shape index (κ2) is 5.39. The summed E-state index contributed by atoms with van der Waals surface area (Å²) in [5.41, 5.74) is 0.150. The Morgan fingerprint density at radius 3 is 2.13 bits per heavy atom. The molecule has 0 fully saturated rings. The Morgan fingerprint density at radius 2 is 1.80 bits per heavy atom. The summed E-state index contributed by atoms with van der Waals surface area (Å²) in [6.45, 7) is 10.4. The highest BCUT2D eigenvalue weighted by Crippen LogP contribution is 2.12. The molecule has 0 saturated heterocycles. The fourth-order valence-electron chi connectivity index (χ4n) is 0.598. The van der Waals surface area contributed by atoms with E-state index in [1.807, 2.05) is 0 Å². The first-order valence-electron chi connectivity index (χ1n) is 4.83. The van der Waals surface area contributed by atoms with Gasteiger partial charge in [0.15, 0.2) is 0 Å². The number of carbonyl (C=O) groups excluding carboxylic acids is 1. The van der Waals surface area contributed by atoms with Crippen molar-refractivity contribution in [3.8, 4) is 0 Å². The Hall–Kier alpha value is -0.710. The fraction of sp³-hybridized carbons (Fsp3) is 0.800. The van der Waals surface area contributed by atoms with Gasteiger partial charge in [-0.05, 0) is 41.5 Å². The molecule has 88 valence electrons. The van der Waals surface area contributed by atoms with E-state index in [0.717, 1.165) is 0 Å². The largest absolute Gasteiger partial charge is 0.458 e. The lowest BCUT2D eigenvalue weighted by Crippen LogP contribution is -2.24. The second-order valence-electron chi connectivity index (χ2n) is 4.49. The maximum Gasteiger partial charge on any atom is 0.353 e. The minimum absolute atomic E-state index is 0.150. The number of esters is 1. The van der Waals surface area contributed by atoms with Gasteiger partial charge in [0.2, 0.25) is 0 Å².